The number of nitrogens with one attached hydrogen (secondary N) is 1. The number of nitrogens with zero attached hydrogens (tertiary/aromatic N) is 1. The first-order chi connectivity index (χ1) is 14.7. The van der Waals surface area contributed by atoms with Crippen LogP contribution < -0.4 is 10.1 Å². The Bertz CT molecular complexity index is 784. The molecule has 2 atom stereocenters. The first kappa shape index (κ1) is 24.1. The zero-order chi connectivity index (χ0) is 23.0. The number of amides is 2. The summed E-state index contributed by atoms with van der Waals surface area (Å²) in [6.45, 7) is 0. The monoisotopic (exact) mass is 436 g/mol. The largest absolute Gasteiger partial charge is 0.496 e. The number of piperidine rings is 1. The van der Waals surface area contributed by atoms with Crippen molar-refractivity contribution in [3.05, 3.63) is 29.8 Å². The Morgan fingerprint density at radius 1 is 1.03 bits per heavy atom. The Labute approximate surface area is 180 Å². The molecule has 2 bridgehead atoms. The van der Waals surface area contributed by atoms with Crippen LogP contribution in [0.2, 0.25) is 0 Å². The number of hydrogen-bond donors (Lipinski definition) is 3. The molecule has 10 heteroatoms. The number of ether oxygens (including phenoxy) is 2. The lowest BCUT2D eigenvalue weighted by Crippen LogP contribution is -2.45. The summed E-state index contributed by atoms with van der Waals surface area (Å²) in [5, 5.41) is 18.1. The minimum absolute atomic E-state index is 0.117. The molecule has 0 radical (unpaired) electrons. The first-order valence-corrected chi connectivity index (χ1v) is 10.0. The predicted octanol–water partition coefficient (Wildman–Crippen LogP) is 2.12. The van der Waals surface area contributed by atoms with Crippen LogP contribution in [0.25, 0.3) is 0 Å². The summed E-state index contributed by atoms with van der Waals surface area (Å²) < 4.78 is 10.6. The molecule has 2 fully saturated rings. The molecular weight excluding hydrogens is 408 g/mol. The highest BCUT2D eigenvalue weighted by molar-refractivity contribution is 6.04. The second-order valence-electron chi connectivity index (χ2n) is 7.49. The van der Waals surface area contributed by atoms with Gasteiger partial charge in [0.05, 0.1) is 25.5 Å². The Morgan fingerprint density at radius 3 is 2.10 bits per heavy atom. The highest BCUT2D eigenvalue weighted by Crippen LogP contribution is 2.35. The average molecular weight is 436 g/mol. The maximum Gasteiger partial charge on any atom is 0.414 e. The fourth-order valence-corrected chi connectivity index (χ4v) is 3.84. The normalized spacial score (nSPS) is 21.9. The summed E-state index contributed by atoms with van der Waals surface area (Å²) in [6, 6.07) is 7.74. The van der Waals surface area contributed by atoms with Gasteiger partial charge in [0, 0.05) is 24.9 Å². The van der Waals surface area contributed by atoms with Crippen molar-refractivity contribution >= 4 is 23.9 Å². The van der Waals surface area contributed by atoms with Gasteiger partial charge < -0.3 is 24.6 Å². The van der Waals surface area contributed by atoms with Crippen LogP contribution in [0, 0.1) is 0 Å². The first-order valence-electron chi connectivity index (χ1n) is 10.0. The average Bonchev–Trinajstić information content (AvgIpc) is 2.93. The van der Waals surface area contributed by atoms with Gasteiger partial charge in [-0.1, -0.05) is 12.1 Å². The van der Waals surface area contributed by atoms with Crippen molar-refractivity contribution in [2.75, 3.05) is 14.2 Å². The van der Waals surface area contributed by atoms with Gasteiger partial charge in [-0.2, -0.15) is 0 Å². The van der Waals surface area contributed by atoms with E-state index in [2.05, 4.69) is 17.3 Å². The van der Waals surface area contributed by atoms with Crippen LogP contribution in [-0.2, 0) is 14.3 Å². The molecule has 0 saturated carbocycles. The van der Waals surface area contributed by atoms with Crippen molar-refractivity contribution in [1.29, 1.82) is 0 Å². The summed E-state index contributed by atoms with van der Waals surface area (Å²) >= 11 is 0. The van der Waals surface area contributed by atoms with Gasteiger partial charge in [-0.25, -0.2) is 4.79 Å². The van der Waals surface area contributed by atoms with Crippen LogP contribution in [0.5, 0.6) is 5.75 Å². The number of carboxylic acid groups (broad SMARTS) is 2. The maximum absolute atomic E-state index is 12.2. The van der Waals surface area contributed by atoms with E-state index in [1.807, 2.05) is 0 Å². The number of hydrogen-bond acceptors (Lipinski definition) is 7. The number of carbonyl (C=O) groups is 4. The van der Waals surface area contributed by atoms with Gasteiger partial charge >= 0.3 is 18.0 Å². The summed E-state index contributed by atoms with van der Waals surface area (Å²) in [5.74, 6) is -2.24. The lowest BCUT2D eigenvalue weighted by molar-refractivity contribution is -0.143. The molecule has 3 N–H and O–H groups in total. The molecule has 10 nitrogen and oxygen atoms in total. The third kappa shape index (κ3) is 7.25. The van der Waals surface area contributed by atoms with E-state index in [-0.39, 0.29) is 18.9 Å². The molecule has 0 aliphatic carbocycles. The highest BCUT2D eigenvalue weighted by Gasteiger charge is 2.40. The lowest BCUT2D eigenvalue weighted by Gasteiger charge is -2.35. The van der Waals surface area contributed by atoms with Gasteiger partial charge in [0.1, 0.15) is 11.9 Å². The number of methoxy groups -OCH3 is 1. The van der Waals surface area contributed by atoms with Gasteiger partial charge in [0.2, 0.25) is 0 Å². The number of carbonyl (C=O) groups excluding carboxylic acids is 2. The number of aliphatic carboxylic acids is 2. The van der Waals surface area contributed by atoms with E-state index in [1.54, 1.807) is 24.3 Å². The summed E-state index contributed by atoms with van der Waals surface area (Å²) in [6.07, 6.45) is 2.59. The van der Waals surface area contributed by atoms with E-state index in [0.717, 1.165) is 25.7 Å². The molecule has 2 heterocycles. The maximum atomic E-state index is 12.2. The third-order valence-electron chi connectivity index (χ3n) is 5.45. The number of rotatable bonds is 6. The van der Waals surface area contributed by atoms with E-state index in [4.69, 9.17) is 19.7 Å². The number of benzene rings is 1. The van der Waals surface area contributed by atoms with E-state index in [1.165, 1.54) is 7.11 Å². The molecule has 0 spiro atoms. The fraction of sp³-hybridized carbons (Fsp3) is 0.524. The summed E-state index contributed by atoms with van der Waals surface area (Å²) in [5.41, 5.74) is 0.315. The zero-order valence-corrected chi connectivity index (χ0v) is 17.6. The van der Waals surface area contributed by atoms with Crippen LogP contribution in [-0.4, -0.2) is 71.4 Å². The topological polar surface area (TPSA) is 142 Å². The van der Waals surface area contributed by atoms with Crippen LogP contribution >= 0.6 is 0 Å². The highest BCUT2D eigenvalue weighted by atomic mass is 16.6. The molecule has 2 aliphatic rings. The molecule has 2 unspecified atom stereocenters. The molecule has 3 rings (SSSR count). The Hall–Kier alpha value is -3.14. The molecule has 2 aliphatic heterocycles. The summed E-state index contributed by atoms with van der Waals surface area (Å²) in [4.78, 5) is 45.8. The van der Waals surface area contributed by atoms with Crippen molar-refractivity contribution in [3.8, 4) is 5.75 Å². The molecule has 2 saturated heterocycles. The molecule has 1 aromatic rings. The molecule has 0 aromatic heterocycles. The third-order valence-corrected chi connectivity index (χ3v) is 5.45. The number of imide groups is 1. The fourth-order valence-electron chi connectivity index (χ4n) is 3.84. The second kappa shape index (κ2) is 11.3. The lowest BCUT2D eigenvalue weighted by atomic mass is 10.0. The molecular formula is C21H28N2O8. The number of carboxylic acids is 2. The van der Waals surface area contributed by atoms with E-state index in [0.29, 0.717) is 23.4 Å². The standard InChI is InChI=1S/C17H22N2O4.C4H6O4/c1-19-11-7-8-12(19)10-13(9-11)23-17(21)18-16(20)14-5-3-4-6-15(14)22-2;5-3(6)1-2-4(7)8/h3-6,11-13H,7-10H2,1-2H3,(H,18,20,21);1-2H2,(H,5,6)(H,7,8). The van der Waals surface area contributed by atoms with E-state index < -0.39 is 23.9 Å². The van der Waals surface area contributed by atoms with Crippen molar-refractivity contribution in [3.63, 3.8) is 0 Å². The van der Waals surface area contributed by atoms with Gasteiger partial charge in [-0.3, -0.25) is 19.7 Å². The SMILES string of the molecule is COc1ccccc1C(=O)NC(=O)OC1CC2CCC(C1)N2C.O=C(O)CCC(=O)O. The van der Waals surface area contributed by atoms with Gasteiger partial charge in [0.15, 0.2) is 0 Å². The van der Waals surface area contributed by atoms with Crippen molar-refractivity contribution in [1.82, 2.24) is 10.2 Å². The van der Waals surface area contributed by atoms with Crippen LogP contribution in [0.15, 0.2) is 24.3 Å². The smallest absolute Gasteiger partial charge is 0.414 e. The van der Waals surface area contributed by atoms with Crippen LogP contribution in [0.4, 0.5) is 4.79 Å². The Morgan fingerprint density at radius 2 is 1.58 bits per heavy atom. The number of para-hydroxylation sites is 1. The zero-order valence-electron chi connectivity index (χ0n) is 17.6. The number of alkyl carbamates (subject to hydrolysis) is 1. The van der Waals surface area contributed by atoms with Crippen molar-refractivity contribution in [2.45, 2.75) is 56.7 Å². The number of fused-ring (bicyclic) bond motifs is 2. The van der Waals surface area contributed by atoms with E-state index in [9.17, 15) is 19.2 Å². The second-order valence-corrected chi connectivity index (χ2v) is 7.49. The van der Waals surface area contributed by atoms with E-state index >= 15 is 0 Å². The summed E-state index contributed by atoms with van der Waals surface area (Å²) in [7, 11) is 3.61. The molecule has 31 heavy (non-hydrogen) atoms. The predicted molar refractivity (Wildman–Crippen MR) is 109 cm³/mol. The van der Waals surface area contributed by atoms with Crippen LogP contribution in [0.1, 0.15) is 48.9 Å². The van der Waals surface area contributed by atoms with Gasteiger partial charge in [-0.15, -0.1) is 0 Å². The quantitative estimate of drug-likeness (QED) is 0.611. The van der Waals surface area contributed by atoms with Crippen molar-refractivity contribution in [2.24, 2.45) is 0 Å². The van der Waals surface area contributed by atoms with Crippen molar-refractivity contribution < 1.29 is 38.9 Å². The van der Waals surface area contributed by atoms with Gasteiger partial charge in [-0.05, 0) is 32.0 Å². The van der Waals surface area contributed by atoms with Crippen LogP contribution in [0.3, 0.4) is 0 Å². The molecule has 1 aromatic carbocycles. The minimum Gasteiger partial charge on any atom is -0.496 e. The molecule has 2 amide bonds. The molecule has 170 valence electrons. The Balaban J connectivity index is 0.000000366. The minimum atomic E-state index is -1.08. The van der Waals surface area contributed by atoms with Gasteiger partial charge in [0.25, 0.3) is 5.91 Å². The Kier molecular flexibility index (Phi) is 8.80.